The van der Waals surface area contributed by atoms with E-state index >= 15 is 0 Å². The highest BCUT2D eigenvalue weighted by atomic mass is 32.2. The predicted molar refractivity (Wildman–Crippen MR) is 66.0 cm³/mol. The zero-order valence-corrected chi connectivity index (χ0v) is 9.55. The van der Waals surface area contributed by atoms with Crippen LogP contribution in [-0.4, -0.2) is 10.7 Å². The summed E-state index contributed by atoms with van der Waals surface area (Å²) in [5, 5.41) is 2.23. The molecule has 2 nitrogen and oxygen atoms in total. The van der Waals surface area contributed by atoms with Crippen LogP contribution in [-0.2, 0) is 6.54 Å². The van der Waals surface area contributed by atoms with Gasteiger partial charge in [0.2, 0.25) is 0 Å². The van der Waals surface area contributed by atoms with Crippen LogP contribution in [0.4, 0.5) is 0 Å². The molecule has 1 heterocycles. The summed E-state index contributed by atoms with van der Waals surface area (Å²) in [6, 6.07) is 10.2. The lowest BCUT2D eigenvalue weighted by Gasteiger charge is -2.06. The molecule has 0 aliphatic carbocycles. The third kappa shape index (κ3) is 2.13. The van der Waals surface area contributed by atoms with Crippen LogP contribution in [0.25, 0.3) is 10.9 Å². The minimum Gasteiger partial charge on any atom is -0.326 e. The van der Waals surface area contributed by atoms with Gasteiger partial charge >= 0.3 is 0 Å². The van der Waals surface area contributed by atoms with E-state index in [9.17, 15) is 0 Å². The van der Waals surface area contributed by atoms with E-state index < -0.39 is 0 Å². The highest BCUT2D eigenvalue weighted by Gasteiger charge is 2.03. The number of pyridine rings is 1. The van der Waals surface area contributed by atoms with Gasteiger partial charge in [-0.3, -0.25) is 0 Å². The monoisotopic (exact) mass is 218 g/mol. The van der Waals surface area contributed by atoms with E-state index in [1.54, 1.807) is 11.8 Å². The maximum atomic E-state index is 5.74. The number of nitrogens with two attached hydrogens (primary N) is 1. The SMILES string of the molecule is CCSc1cc(CN)c2ccccc2n1. The largest absolute Gasteiger partial charge is 0.326 e. The lowest BCUT2D eigenvalue weighted by molar-refractivity contribution is 1.05. The molecule has 0 amide bonds. The van der Waals surface area contributed by atoms with E-state index in [4.69, 9.17) is 5.73 Å². The summed E-state index contributed by atoms with van der Waals surface area (Å²) in [5.41, 5.74) is 7.96. The molecule has 15 heavy (non-hydrogen) atoms. The Balaban J connectivity index is 2.60. The van der Waals surface area contributed by atoms with Crippen LogP contribution in [0.5, 0.6) is 0 Å². The van der Waals surface area contributed by atoms with Crippen LogP contribution in [0, 0.1) is 0 Å². The molecule has 0 saturated heterocycles. The molecule has 0 radical (unpaired) electrons. The summed E-state index contributed by atoms with van der Waals surface area (Å²) in [5.74, 6) is 1.04. The number of hydrogen-bond donors (Lipinski definition) is 1. The lowest BCUT2D eigenvalue weighted by atomic mass is 10.1. The number of aromatic nitrogens is 1. The minimum atomic E-state index is 0.570. The van der Waals surface area contributed by atoms with Gasteiger partial charge in [-0.1, -0.05) is 25.1 Å². The Morgan fingerprint density at radius 3 is 2.87 bits per heavy atom. The van der Waals surface area contributed by atoms with Gasteiger partial charge in [0.05, 0.1) is 10.5 Å². The molecule has 0 aliphatic heterocycles. The van der Waals surface area contributed by atoms with E-state index in [1.807, 2.05) is 18.2 Å². The van der Waals surface area contributed by atoms with Gasteiger partial charge in [0.1, 0.15) is 0 Å². The zero-order valence-electron chi connectivity index (χ0n) is 8.73. The average Bonchev–Trinajstić information content (AvgIpc) is 2.28. The van der Waals surface area contributed by atoms with Crippen molar-refractivity contribution in [3.63, 3.8) is 0 Å². The first-order valence-electron chi connectivity index (χ1n) is 5.06. The van der Waals surface area contributed by atoms with Crippen molar-refractivity contribution in [3.05, 3.63) is 35.9 Å². The fourth-order valence-corrected chi connectivity index (χ4v) is 2.30. The second-order valence-corrected chi connectivity index (χ2v) is 4.56. The number of hydrogen-bond acceptors (Lipinski definition) is 3. The molecule has 1 aromatic carbocycles. The second-order valence-electron chi connectivity index (χ2n) is 3.27. The van der Waals surface area contributed by atoms with Gasteiger partial charge in [0.15, 0.2) is 0 Å². The Kier molecular flexibility index (Phi) is 3.23. The minimum absolute atomic E-state index is 0.570. The first-order chi connectivity index (χ1) is 7.35. The van der Waals surface area contributed by atoms with Gasteiger partial charge in [-0.25, -0.2) is 4.98 Å². The topological polar surface area (TPSA) is 38.9 Å². The predicted octanol–water partition coefficient (Wildman–Crippen LogP) is 2.81. The molecule has 0 atom stereocenters. The Morgan fingerprint density at radius 2 is 2.13 bits per heavy atom. The molecule has 0 unspecified atom stereocenters. The van der Waals surface area contributed by atoms with Gasteiger partial charge in [-0.2, -0.15) is 0 Å². The van der Waals surface area contributed by atoms with Crippen LogP contribution in [0.15, 0.2) is 35.4 Å². The van der Waals surface area contributed by atoms with E-state index in [0.29, 0.717) is 6.54 Å². The molecule has 2 aromatic rings. The fraction of sp³-hybridized carbons (Fsp3) is 0.250. The molecule has 1 aromatic heterocycles. The van der Waals surface area contributed by atoms with Crippen LogP contribution in [0.1, 0.15) is 12.5 Å². The highest BCUT2D eigenvalue weighted by Crippen LogP contribution is 2.23. The van der Waals surface area contributed by atoms with Crippen molar-refractivity contribution < 1.29 is 0 Å². The molecular formula is C12H14N2S. The number of rotatable bonds is 3. The molecule has 2 rings (SSSR count). The third-order valence-electron chi connectivity index (χ3n) is 2.29. The Morgan fingerprint density at radius 1 is 1.33 bits per heavy atom. The molecular weight excluding hydrogens is 204 g/mol. The van der Waals surface area contributed by atoms with Crippen LogP contribution >= 0.6 is 11.8 Å². The normalized spacial score (nSPS) is 10.8. The van der Waals surface area contributed by atoms with E-state index in [2.05, 4.69) is 24.0 Å². The van der Waals surface area contributed by atoms with Gasteiger partial charge < -0.3 is 5.73 Å². The van der Waals surface area contributed by atoms with E-state index in [1.165, 1.54) is 10.9 Å². The van der Waals surface area contributed by atoms with Crippen LogP contribution in [0.2, 0.25) is 0 Å². The molecule has 0 spiro atoms. The Bertz CT molecular complexity index is 468. The van der Waals surface area contributed by atoms with Crippen molar-refractivity contribution in [1.82, 2.24) is 4.98 Å². The van der Waals surface area contributed by atoms with Gasteiger partial charge in [-0.05, 0) is 23.4 Å². The summed E-state index contributed by atoms with van der Waals surface area (Å²) in [4.78, 5) is 4.58. The summed E-state index contributed by atoms with van der Waals surface area (Å²) < 4.78 is 0. The fourth-order valence-electron chi connectivity index (χ4n) is 1.61. The maximum absolute atomic E-state index is 5.74. The van der Waals surface area contributed by atoms with Crippen LogP contribution < -0.4 is 5.73 Å². The molecule has 0 bridgehead atoms. The molecule has 2 N–H and O–H groups in total. The first-order valence-corrected chi connectivity index (χ1v) is 6.05. The number of fused-ring (bicyclic) bond motifs is 1. The number of nitrogens with zero attached hydrogens (tertiary/aromatic N) is 1. The average molecular weight is 218 g/mol. The molecule has 0 fully saturated rings. The summed E-state index contributed by atoms with van der Waals surface area (Å²) in [6.07, 6.45) is 0. The molecule has 0 saturated carbocycles. The highest BCUT2D eigenvalue weighted by molar-refractivity contribution is 7.99. The Labute approximate surface area is 93.9 Å². The second kappa shape index (κ2) is 4.64. The van der Waals surface area contributed by atoms with Gasteiger partial charge in [0.25, 0.3) is 0 Å². The number of benzene rings is 1. The molecule has 0 aliphatic rings. The van der Waals surface area contributed by atoms with Crippen molar-refractivity contribution in [3.8, 4) is 0 Å². The summed E-state index contributed by atoms with van der Waals surface area (Å²) in [6.45, 7) is 2.70. The Hall–Kier alpha value is -1.06. The third-order valence-corrected chi connectivity index (χ3v) is 3.08. The number of para-hydroxylation sites is 1. The quantitative estimate of drug-likeness (QED) is 0.805. The van der Waals surface area contributed by atoms with Crippen molar-refractivity contribution in [2.45, 2.75) is 18.5 Å². The lowest BCUT2D eigenvalue weighted by Crippen LogP contribution is -1.99. The van der Waals surface area contributed by atoms with E-state index in [-0.39, 0.29) is 0 Å². The first kappa shape index (κ1) is 10.5. The van der Waals surface area contributed by atoms with Crippen molar-refractivity contribution in [2.24, 2.45) is 5.73 Å². The summed E-state index contributed by atoms with van der Waals surface area (Å²) in [7, 11) is 0. The van der Waals surface area contributed by atoms with E-state index in [0.717, 1.165) is 16.3 Å². The number of thioether (sulfide) groups is 1. The smallest absolute Gasteiger partial charge is 0.0970 e. The van der Waals surface area contributed by atoms with Gasteiger partial charge in [0, 0.05) is 11.9 Å². The van der Waals surface area contributed by atoms with Crippen molar-refractivity contribution in [2.75, 3.05) is 5.75 Å². The van der Waals surface area contributed by atoms with Crippen LogP contribution in [0.3, 0.4) is 0 Å². The standard InChI is InChI=1S/C12H14N2S/c1-2-15-12-7-9(8-13)10-5-3-4-6-11(10)14-12/h3-7H,2,8,13H2,1H3. The molecule has 78 valence electrons. The van der Waals surface area contributed by atoms with Crippen molar-refractivity contribution in [1.29, 1.82) is 0 Å². The van der Waals surface area contributed by atoms with Gasteiger partial charge in [-0.15, -0.1) is 11.8 Å². The maximum Gasteiger partial charge on any atom is 0.0970 e. The zero-order chi connectivity index (χ0) is 10.7. The molecule has 3 heteroatoms. The summed E-state index contributed by atoms with van der Waals surface area (Å²) >= 11 is 1.75. The van der Waals surface area contributed by atoms with Crippen molar-refractivity contribution >= 4 is 22.7 Å².